The van der Waals surface area contributed by atoms with Crippen molar-refractivity contribution in [2.75, 3.05) is 23.7 Å². The van der Waals surface area contributed by atoms with Crippen molar-refractivity contribution in [3.05, 3.63) is 17.8 Å². The lowest BCUT2D eigenvalue weighted by atomic mass is 9.74. The molecule has 0 saturated heterocycles. The first-order valence-electron chi connectivity index (χ1n) is 6.72. The zero-order valence-electron chi connectivity index (χ0n) is 10.6. The Morgan fingerprint density at radius 2 is 1.88 bits per heavy atom. The molecule has 0 amide bonds. The molecule has 0 atom stereocenters. The van der Waals surface area contributed by atoms with E-state index in [0.29, 0.717) is 5.41 Å². The van der Waals surface area contributed by atoms with Crippen LogP contribution in [0.2, 0.25) is 0 Å². The van der Waals surface area contributed by atoms with E-state index in [1.54, 1.807) is 0 Å². The van der Waals surface area contributed by atoms with Gasteiger partial charge in [0.05, 0.1) is 5.69 Å². The Hall–Kier alpha value is -1.25. The summed E-state index contributed by atoms with van der Waals surface area (Å²) in [5, 5.41) is 7.14. The molecule has 3 heteroatoms. The van der Waals surface area contributed by atoms with Gasteiger partial charge < -0.3 is 10.6 Å². The number of nitrogens with zero attached hydrogens (tertiary/aromatic N) is 1. The van der Waals surface area contributed by atoms with Gasteiger partial charge in [-0.15, -0.1) is 0 Å². The summed E-state index contributed by atoms with van der Waals surface area (Å²) in [5.41, 5.74) is 2.84. The molecule has 1 aliphatic carbocycles. The van der Waals surface area contributed by atoms with Gasteiger partial charge in [0.1, 0.15) is 5.82 Å². The summed E-state index contributed by atoms with van der Waals surface area (Å²) in [6, 6.07) is 2.19. The highest BCUT2D eigenvalue weighted by molar-refractivity contribution is 5.66. The Morgan fingerprint density at radius 1 is 1.12 bits per heavy atom. The van der Waals surface area contributed by atoms with Crippen molar-refractivity contribution < 1.29 is 0 Å². The molecule has 1 saturated carbocycles. The topological polar surface area (TPSA) is 37.0 Å². The van der Waals surface area contributed by atoms with E-state index in [0.717, 1.165) is 18.9 Å². The maximum atomic E-state index is 4.48. The molecule has 0 radical (unpaired) electrons. The van der Waals surface area contributed by atoms with Gasteiger partial charge in [0.25, 0.3) is 0 Å². The van der Waals surface area contributed by atoms with E-state index in [1.807, 2.05) is 6.20 Å². The van der Waals surface area contributed by atoms with Crippen LogP contribution in [0.15, 0.2) is 12.3 Å². The van der Waals surface area contributed by atoms with Crippen molar-refractivity contribution in [3.63, 3.8) is 0 Å². The third kappa shape index (κ3) is 2.11. The fourth-order valence-corrected chi connectivity index (χ4v) is 3.12. The number of aromatic nitrogens is 1. The SMILES string of the molecule is Cc1cnc2c(c1)NCC1(CCCCC1)CN2. The number of rotatable bonds is 0. The number of nitrogens with one attached hydrogen (secondary N) is 2. The van der Waals surface area contributed by atoms with E-state index in [4.69, 9.17) is 0 Å². The summed E-state index contributed by atoms with van der Waals surface area (Å²) in [6.45, 7) is 4.26. The second kappa shape index (κ2) is 4.21. The van der Waals surface area contributed by atoms with Crippen molar-refractivity contribution in [2.45, 2.75) is 39.0 Å². The minimum Gasteiger partial charge on any atom is -0.381 e. The molecule has 3 nitrogen and oxygen atoms in total. The number of fused-ring (bicyclic) bond motifs is 1. The second-order valence-corrected chi connectivity index (χ2v) is 5.68. The fraction of sp³-hybridized carbons (Fsp3) is 0.643. The summed E-state index contributed by atoms with van der Waals surface area (Å²) in [6.07, 6.45) is 8.80. The molecule has 17 heavy (non-hydrogen) atoms. The lowest BCUT2D eigenvalue weighted by Crippen LogP contribution is -2.36. The van der Waals surface area contributed by atoms with Crippen LogP contribution in [-0.4, -0.2) is 18.1 Å². The summed E-state index contributed by atoms with van der Waals surface area (Å²) < 4.78 is 0. The smallest absolute Gasteiger partial charge is 0.149 e. The molecule has 2 aliphatic rings. The highest BCUT2D eigenvalue weighted by Gasteiger charge is 2.33. The molecule has 1 aromatic rings. The Balaban J connectivity index is 1.82. The zero-order chi connectivity index (χ0) is 11.7. The predicted molar refractivity (Wildman–Crippen MR) is 71.5 cm³/mol. The first-order chi connectivity index (χ1) is 8.27. The maximum Gasteiger partial charge on any atom is 0.149 e. The van der Waals surface area contributed by atoms with E-state index < -0.39 is 0 Å². The Morgan fingerprint density at radius 3 is 2.71 bits per heavy atom. The molecular formula is C14H21N3. The number of pyridine rings is 1. The molecule has 92 valence electrons. The predicted octanol–water partition coefficient (Wildman–Crippen LogP) is 3.18. The van der Waals surface area contributed by atoms with Crippen LogP contribution in [0.1, 0.15) is 37.7 Å². The normalized spacial score (nSPS) is 22.2. The number of hydrogen-bond acceptors (Lipinski definition) is 3. The maximum absolute atomic E-state index is 4.48. The van der Waals surface area contributed by atoms with Crippen LogP contribution in [0.4, 0.5) is 11.5 Å². The highest BCUT2D eigenvalue weighted by Crippen LogP contribution is 2.39. The molecule has 3 rings (SSSR count). The third-order valence-corrected chi connectivity index (χ3v) is 4.22. The van der Waals surface area contributed by atoms with Crippen molar-refractivity contribution in [2.24, 2.45) is 5.41 Å². The Kier molecular flexibility index (Phi) is 2.69. The van der Waals surface area contributed by atoms with Crippen LogP contribution in [0.25, 0.3) is 0 Å². The van der Waals surface area contributed by atoms with Gasteiger partial charge in [-0.2, -0.15) is 0 Å². The van der Waals surface area contributed by atoms with Crippen molar-refractivity contribution in [1.82, 2.24) is 4.98 Å². The standard InChI is InChI=1S/C14H21N3/c1-11-7-12-13(15-8-11)17-10-14(9-16-12)5-3-2-4-6-14/h7-8,16H,2-6,9-10H2,1H3,(H,15,17). The summed E-state index contributed by atoms with van der Waals surface area (Å²) in [7, 11) is 0. The van der Waals surface area contributed by atoms with E-state index in [2.05, 4.69) is 28.6 Å². The largest absolute Gasteiger partial charge is 0.381 e. The van der Waals surface area contributed by atoms with Crippen LogP contribution < -0.4 is 10.6 Å². The van der Waals surface area contributed by atoms with Crippen molar-refractivity contribution >= 4 is 11.5 Å². The minimum absolute atomic E-state index is 0.451. The van der Waals surface area contributed by atoms with Gasteiger partial charge in [-0.05, 0) is 31.4 Å². The number of hydrogen-bond donors (Lipinski definition) is 2. The van der Waals surface area contributed by atoms with Gasteiger partial charge in [-0.25, -0.2) is 4.98 Å². The highest BCUT2D eigenvalue weighted by atomic mass is 15.1. The van der Waals surface area contributed by atoms with Gasteiger partial charge in [-0.3, -0.25) is 0 Å². The van der Waals surface area contributed by atoms with Crippen molar-refractivity contribution in [1.29, 1.82) is 0 Å². The summed E-state index contributed by atoms with van der Waals surface area (Å²) in [5.74, 6) is 1.03. The molecule has 1 spiro atoms. The average molecular weight is 231 g/mol. The van der Waals surface area contributed by atoms with Crippen LogP contribution in [0.3, 0.4) is 0 Å². The van der Waals surface area contributed by atoms with Crippen LogP contribution in [0, 0.1) is 12.3 Å². The second-order valence-electron chi connectivity index (χ2n) is 5.68. The van der Waals surface area contributed by atoms with Crippen LogP contribution in [-0.2, 0) is 0 Å². The van der Waals surface area contributed by atoms with E-state index in [1.165, 1.54) is 43.4 Å². The molecule has 1 aliphatic heterocycles. The molecule has 2 heterocycles. The lowest BCUT2D eigenvalue weighted by Gasteiger charge is -2.36. The first kappa shape index (κ1) is 10.9. The summed E-state index contributed by atoms with van der Waals surface area (Å²) in [4.78, 5) is 4.48. The summed E-state index contributed by atoms with van der Waals surface area (Å²) >= 11 is 0. The lowest BCUT2D eigenvalue weighted by molar-refractivity contribution is 0.224. The van der Waals surface area contributed by atoms with Gasteiger partial charge in [0.2, 0.25) is 0 Å². The molecule has 1 fully saturated rings. The molecule has 0 unspecified atom stereocenters. The number of aryl methyl sites for hydroxylation is 1. The number of anilines is 2. The van der Waals surface area contributed by atoms with Gasteiger partial charge in [0, 0.05) is 24.7 Å². The van der Waals surface area contributed by atoms with Crippen LogP contribution >= 0.6 is 0 Å². The Labute approximate surface area is 103 Å². The molecule has 1 aromatic heterocycles. The molecule has 2 N–H and O–H groups in total. The van der Waals surface area contributed by atoms with E-state index in [-0.39, 0.29) is 0 Å². The first-order valence-corrected chi connectivity index (χ1v) is 6.72. The van der Waals surface area contributed by atoms with E-state index in [9.17, 15) is 0 Å². The van der Waals surface area contributed by atoms with Crippen molar-refractivity contribution in [3.8, 4) is 0 Å². The van der Waals surface area contributed by atoms with Gasteiger partial charge in [0.15, 0.2) is 0 Å². The minimum atomic E-state index is 0.451. The molecular weight excluding hydrogens is 210 g/mol. The van der Waals surface area contributed by atoms with Gasteiger partial charge in [-0.1, -0.05) is 19.3 Å². The van der Waals surface area contributed by atoms with E-state index >= 15 is 0 Å². The fourth-order valence-electron chi connectivity index (χ4n) is 3.12. The third-order valence-electron chi connectivity index (χ3n) is 4.22. The van der Waals surface area contributed by atoms with Gasteiger partial charge >= 0.3 is 0 Å². The Bertz CT molecular complexity index is 408. The molecule has 0 aromatic carbocycles. The van der Waals surface area contributed by atoms with Crippen LogP contribution in [0.5, 0.6) is 0 Å². The molecule has 0 bridgehead atoms. The average Bonchev–Trinajstić information content (AvgIpc) is 2.52. The monoisotopic (exact) mass is 231 g/mol. The zero-order valence-corrected chi connectivity index (χ0v) is 10.6. The quantitative estimate of drug-likeness (QED) is 0.720.